The highest BCUT2D eigenvalue weighted by molar-refractivity contribution is 6.34. The molecule has 0 aromatic heterocycles. The predicted octanol–water partition coefficient (Wildman–Crippen LogP) is 2.29. The molecule has 2 N–H and O–H groups in total. The van der Waals surface area contributed by atoms with Gasteiger partial charge >= 0.3 is 0 Å². The van der Waals surface area contributed by atoms with Crippen molar-refractivity contribution in [3.8, 4) is 11.5 Å². The van der Waals surface area contributed by atoms with Gasteiger partial charge < -0.3 is 20.1 Å². The van der Waals surface area contributed by atoms with Crippen molar-refractivity contribution in [2.24, 2.45) is 5.92 Å². The zero-order valence-electron chi connectivity index (χ0n) is 11.8. The van der Waals surface area contributed by atoms with Crippen LogP contribution < -0.4 is 20.1 Å². The van der Waals surface area contributed by atoms with Gasteiger partial charge in [0.1, 0.15) is 0 Å². The number of hydrogen-bond donors (Lipinski definition) is 2. The zero-order chi connectivity index (χ0) is 14.7. The smallest absolute Gasteiger partial charge is 0.241 e. The van der Waals surface area contributed by atoms with E-state index in [2.05, 4.69) is 17.6 Å². The number of amides is 1. The fourth-order valence-electron chi connectivity index (χ4n) is 2.35. The molecule has 1 aromatic carbocycles. The summed E-state index contributed by atoms with van der Waals surface area (Å²) in [6.45, 7) is 2.92. The van der Waals surface area contributed by atoms with Crippen molar-refractivity contribution in [3.63, 3.8) is 0 Å². The molecular weight excluding hydrogens is 280 g/mol. The molecule has 1 aliphatic rings. The first kappa shape index (κ1) is 14.9. The highest BCUT2D eigenvalue weighted by Gasteiger charge is 2.29. The summed E-state index contributed by atoms with van der Waals surface area (Å²) in [6, 6.07) is 3.11. The van der Waals surface area contributed by atoms with Crippen molar-refractivity contribution in [1.29, 1.82) is 0 Å². The van der Waals surface area contributed by atoms with Gasteiger partial charge in [0.2, 0.25) is 5.91 Å². The van der Waals surface area contributed by atoms with E-state index in [1.807, 2.05) is 0 Å². The predicted molar refractivity (Wildman–Crippen MR) is 78.8 cm³/mol. The number of rotatable bonds is 4. The van der Waals surface area contributed by atoms with Gasteiger partial charge in [-0.1, -0.05) is 18.5 Å². The second kappa shape index (κ2) is 6.33. The Bertz CT molecular complexity index is 507. The molecule has 110 valence electrons. The number of benzene rings is 1. The van der Waals surface area contributed by atoms with E-state index in [-0.39, 0.29) is 11.9 Å². The molecule has 2 rings (SSSR count). The number of carbonyl (C=O) groups excluding carboxylic acids is 1. The molecular formula is C14H19ClN2O3. The number of carbonyl (C=O) groups is 1. The fourth-order valence-corrected chi connectivity index (χ4v) is 2.55. The molecule has 2 unspecified atom stereocenters. The first-order valence-electron chi connectivity index (χ1n) is 6.52. The average molecular weight is 299 g/mol. The molecule has 0 radical (unpaired) electrons. The lowest BCUT2D eigenvalue weighted by atomic mass is 10.0. The summed E-state index contributed by atoms with van der Waals surface area (Å²) in [5.74, 6) is 1.29. The lowest BCUT2D eigenvalue weighted by Gasteiger charge is -2.17. The van der Waals surface area contributed by atoms with Gasteiger partial charge in [-0.15, -0.1) is 0 Å². The molecule has 1 saturated heterocycles. The molecule has 6 heteroatoms. The Morgan fingerprint density at radius 1 is 1.35 bits per heavy atom. The van der Waals surface area contributed by atoms with Gasteiger partial charge in [-0.05, 0) is 18.9 Å². The molecule has 5 nitrogen and oxygen atoms in total. The first-order valence-corrected chi connectivity index (χ1v) is 6.90. The van der Waals surface area contributed by atoms with Crippen LogP contribution in [0.2, 0.25) is 5.02 Å². The summed E-state index contributed by atoms with van der Waals surface area (Å²) in [4.78, 5) is 12.2. The van der Waals surface area contributed by atoms with Crippen molar-refractivity contribution in [2.45, 2.75) is 19.4 Å². The molecule has 2 atom stereocenters. The average Bonchev–Trinajstić information content (AvgIpc) is 2.86. The minimum absolute atomic E-state index is 0.0795. The maximum Gasteiger partial charge on any atom is 0.241 e. The normalized spacial score (nSPS) is 21.6. The molecule has 0 spiro atoms. The van der Waals surface area contributed by atoms with Crippen LogP contribution in [0, 0.1) is 5.92 Å². The summed E-state index contributed by atoms with van der Waals surface area (Å²) in [5, 5.41) is 6.44. The molecule has 1 heterocycles. The number of halogens is 1. The van der Waals surface area contributed by atoms with Crippen LogP contribution in [0.3, 0.4) is 0 Å². The van der Waals surface area contributed by atoms with Crippen LogP contribution >= 0.6 is 11.6 Å². The van der Waals surface area contributed by atoms with E-state index in [1.165, 1.54) is 14.2 Å². The highest BCUT2D eigenvalue weighted by atomic mass is 35.5. The summed E-state index contributed by atoms with van der Waals surface area (Å²) >= 11 is 6.15. The molecule has 1 amide bonds. The van der Waals surface area contributed by atoms with Gasteiger partial charge in [0.05, 0.1) is 31.0 Å². The van der Waals surface area contributed by atoms with Crippen molar-refractivity contribution in [3.05, 3.63) is 17.2 Å². The summed E-state index contributed by atoms with van der Waals surface area (Å²) in [5.41, 5.74) is 0.523. The lowest BCUT2D eigenvalue weighted by molar-refractivity contribution is -0.118. The van der Waals surface area contributed by atoms with E-state index < -0.39 is 0 Å². The fraction of sp³-hybridized carbons (Fsp3) is 0.500. The van der Waals surface area contributed by atoms with Gasteiger partial charge in [0, 0.05) is 12.1 Å². The van der Waals surface area contributed by atoms with E-state index in [9.17, 15) is 4.79 Å². The molecule has 1 aromatic rings. The van der Waals surface area contributed by atoms with E-state index in [0.29, 0.717) is 28.1 Å². The molecule has 20 heavy (non-hydrogen) atoms. The van der Waals surface area contributed by atoms with Crippen LogP contribution in [-0.2, 0) is 4.79 Å². The van der Waals surface area contributed by atoms with Gasteiger partial charge in [-0.25, -0.2) is 0 Å². The van der Waals surface area contributed by atoms with Gasteiger partial charge in [0.25, 0.3) is 0 Å². The van der Waals surface area contributed by atoms with Crippen molar-refractivity contribution in [2.75, 3.05) is 26.1 Å². The Hall–Kier alpha value is -1.46. The van der Waals surface area contributed by atoms with E-state index in [1.54, 1.807) is 12.1 Å². The number of nitrogens with one attached hydrogen (secondary N) is 2. The molecule has 1 fully saturated rings. The van der Waals surface area contributed by atoms with E-state index in [0.717, 1.165) is 13.0 Å². The minimum Gasteiger partial charge on any atom is -0.493 e. The van der Waals surface area contributed by atoms with Crippen molar-refractivity contribution >= 4 is 23.2 Å². The monoisotopic (exact) mass is 298 g/mol. The Morgan fingerprint density at radius 3 is 2.55 bits per heavy atom. The second-order valence-corrected chi connectivity index (χ2v) is 5.28. The molecule has 0 bridgehead atoms. The standard InChI is InChI=1S/C14H19ClN2O3/c1-8-4-5-16-13(8)14(18)17-10-7-12(20-3)11(19-2)6-9(10)15/h6-8,13,16H,4-5H2,1-3H3,(H,17,18). The van der Waals surface area contributed by atoms with Crippen LogP contribution in [0.15, 0.2) is 12.1 Å². The Kier molecular flexibility index (Phi) is 4.73. The maximum absolute atomic E-state index is 12.2. The third kappa shape index (κ3) is 2.99. The number of anilines is 1. The molecule has 0 saturated carbocycles. The molecule has 1 aliphatic heterocycles. The number of hydrogen-bond acceptors (Lipinski definition) is 4. The Morgan fingerprint density at radius 2 is 2.00 bits per heavy atom. The van der Waals surface area contributed by atoms with Crippen LogP contribution in [0.25, 0.3) is 0 Å². The van der Waals surface area contributed by atoms with Crippen molar-refractivity contribution in [1.82, 2.24) is 5.32 Å². The third-order valence-corrected chi connectivity index (χ3v) is 3.86. The van der Waals surface area contributed by atoms with Crippen molar-refractivity contribution < 1.29 is 14.3 Å². The first-order chi connectivity index (χ1) is 9.56. The summed E-state index contributed by atoms with van der Waals surface area (Å²) in [7, 11) is 3.08. The quantitative estimate of drug-likeness (QED) is 0.895. The zero-order valence-corrected chi connectivity index (χ0v) is 12.6. The number of ether oxygens (including phenoxy) is 2. The number of methoxy groups -OCH3 is 2. The Balaban J connectivity index is 2.18. The third-order valence-electron chi connectivity index (χ3n) is 3.55. The second-order valence-electron chi connectivity index (χ2n) is 4.87. The minimum atomic E-state index is -0.181. The lowest BCUT2D eigenvalue weighted by Crippen LogP contribution is -2.39. The summed E-state index contributed by atoms with van der Waals surface area (Å²) in [6.07, 6.45) is 0.998. The van der Waals surface area contributed by atoms with Crippen LogP contribution in [0.1, 0.15) is 13.3 Å². The largest absolute Gasteiger partial charge is 0.493 e. The van der Waals surface area contributed by atoms with Gasteiger partial charge in [-0.3, -0.25) is 4.79 Å². The van der Waals surface area contributed by atoms with Crippen LogP contribution in [0.4, 0.5) is 5.69 Å². The van der Waals surface area contributed by atoms with E-state index in [4.69, 9.17) is 21.1 Å². The van der Waals surface area contributed by atoms with E-state index >= 15 is 0 Å². The van der Waals surface area contributed by atoms with Crippen LogP contribution in [0.5, 0.6) is 11.5 Å². The maximum atomic E-state index is 12.2. The summed E-state index contributed by atoms with van der Waals surface area (Å²) < 4.78 is 10.4. The van der Waals surface area contributed by atoms with Crippen LogP contribution in [-0.4, -0.2) is 32.7 Å². The topological polar surface area (TPSA) is 59.6 Å². The molecule has 0 aliphatic carbocycles. The SMILES string of the molecule is COc1cc(Cl)c(NC(=O)C2NCCC2C)cc1OC. The van der Waals surface area contributed by atoms with Gasteiger partial charge in [0.15, 0.2) is 11.5 Å². The highest BCUT2D eigenvalue weighted by Crippen LogP contribution is 2.36. The van der Waals surface area contributed by atoms with Gasteiger partial charge in [-0.2, -0.15) is 0 Å². The Labute approximate surface area is 123 Å².